The molecule has 0 atom stereocenters. The number of halogens is 1. The molecule has 1 heterocycles. The van der Waals surface area contributed by atoms with E-state index in [1.165, 1.54) is 49.4 Å². The number of nitrogens with zero attached hydrogens (tertiary/aromatic N) is 1. The Labute approximate surface area is 114 Å². The van der Waals surface area contributed by atoms with Crippen LogP contribution in [-0.4, -0.2) is 4.57 Å². The van der Waals surface area contributed by atoms with E-state index in [2.05, 4.69) is 22.9 Å². The first-order valence-corrected chi connectivity index (χ1v) is 7.45. The summed E-state index contributed by atoms with van der Waals surface area (Å²) in [5, 5.41) is 2.08. The predicted molar refractivity (Wildman–Crippen MR) is 78.1 cm³/mol. The van der Waals surface area contributed by atoms with Crippen LogP contribution >= 0.6 is 11.6 Å². The van der Waals surface area contributed by atoms with Crippen LogP contribution in [0.4, 0.5) is 0 Å². The number of hydrogen-bond acceptors (Lipinski definition) is 0. The maximum Gasteiger partial charge on any atom is 0.0481 e. The van der Waals surface area contributed by atoms with E-state index in [1.54, 1.807) is 0 Å². The van der Waals surface area contributed by atoms with Gasteiger partial charge in [-0.05, 0) is 36.6 Å². The molecule has 2 heteroatoms. The summed E-state index contributed by atoms with van der Waals surface area (Å²) in [6, 6.07) is 8.34. The van der Waals surface area contributed by atoms with Crippen LogP contribution in [0.5, 0.6) is 0 Å². The van der Waals surface area contributed by atoms with E-state index < -0.39 is 0 Å². The van der Waals surface area contributed by atoms with Crippen LogP contribution in [0.2, 0.25) is 5.02 Å². The van der Waals surface area contributed by atoms with Crippen molar-refractivity contribution >= 4 is 22.5 Å². The predicted octanol–water partition coefficient (Wildman–Crippen LogP) is 5.27. The Kier molecular flexibility index (Phi) is 3.60. The van der Waals surface area contributed by atoms with Crippen LogP contribution < -0.4 is 0 Å². The van der Waals surface area contributed by atoms with E-state index in [0.29, 0.717) is 0 Å². The average molecular weight is 262 g/mol. The molecule has 0 amide bonds. The number of aromatic nitrogens is 1. The average Bonchev–Trinajstić information content (AvgIpc) is 2.80. The van der Waals surface area contributed by atoms with Crippen molar-refractivity contribution in [3.8, 4) is 0 Å². The highest BCUT2D eigenvalue weighted by atomic mass is 35.5. The highest BCUT2D eigenvalue weighted by molar-refractivity contribution is 6.31. The highest BCUT2D eigenvalue weighted by Crippen LogP contribution is 2.28. The molecule has 1 aromatic heterocycles. The van der Waals surface area contributed by atoms with Gasteiger partial charge in [-0.1, -0.05) is 43.7 Å². The molecule has 96 valence electrons. The van der Waals surface area contributed by atoms with Gasteiger partial charge in [0.15, 0.2) is 0 Å². The van der Waals surface area contributed by atoms with Crippen molar-refractivity contribution in [3.63, 3.8) is 0 Å². The van der Waals surface area contributed by atoms with Crippen LogP contribution in [0, 0.1) is 5.92 Å². The van der Waals surface area contributed by atoms with Crippen molar-refractivity contribution < 1.29 is 0 Å². The van der Waals surface area contributed by atoms with Crippen LogP contribution in [0.25, 0.3) is 10.9 Å². The molecule has 0 N–H and O–H groups in total. The van der Waals surface area contributed by atoms with Crippen LogP contribution in [0.1, 0.15) is 38.5 Å². The van der Waals surface area contributed by atoms with Crippen molar-refractivity contribution in [1.29, 1.82) is 0 Å². The molecule has 0 bridgehead atoms. The van der Waals surface area contributed by atoms with E-state index in [1.807, 2.05) is 12.1 Å². The number of rotatable bonds is 3. The number of fused-ring (bicyclic) bond motifs is 1. The summed E-state index contributed by atoms with van der Waals surface area (Å²) in [5.74, 6) is 0.948. The van der Waals surface area contributed by atoms with Gasteiger partial charge in [0.25, 0.3) is 0 Å². The van der Waals surface area contributed by atoms with Gasteiger partial charge in [-0.25, -0.2) is 0 Å². The van der Waals surface area contributed by atoms with Gasteiger partial charge in [-0.2, -0.15) is 0 Å². The first-order chi connectivity index (χ1) is 8.83. The summed E-state index contributed by atoms with van der Waals surface area (Å²) in [5.41, 5.74) is 1.32. The lowest BCUT2D eigenvalue weighted by Crippen LogP contribution is -2.09. The number of benzene rings is 1. The Hall–Kier alpha value is -0.950. The second-order valence-electron chi connectivity index (χ2n) is 5.50. The Bertz CT molecular complexity index is 523. The Balaban J connectivity index is 1.70. The standard InChI is InChI=1S/C16H20ClN/c17-15-6-7-16-14(12-15)9-11-18(16)10-8-13-4-2-1-3-5-13/h6-7,9,11-13H,1-5,8,10H2. The molecule has 1 fully saturated rings. The smallest absolute Gasteiger partial charge is 0.0481 e. The first kappa shape index (κ1) is 12.1. The minimum atomic E-state index is 0.826. The lowest BCUT2D eigenvalue weighted by molar-refractivity contribution is 0.325. The summed E-state index contributed by atoms with van der Waals surface area (Å²) < 4.78 is 2.38. The van der Waals surface area contributed by atoms with Gasteiger partial charge in [0.2, 0.25) is 0 Å². The number of aryl methyl sites for hydroxylation is 1. The van der Waals surface area contributed by atoms with Gasteiger partial charge in [0, 0.05) is 28.7 Å². The summed E-state index contributed by atoms with van der Waals surface area (Å²) in [7, 11) is 0. The highest BCUT2D eigenvalue weighted by Gasteiger charge is 2.13. The van der Waals surface area contributed by atoms with E-state index >= 15 is 0 Å². The fraction of sp³-hybridized carbons (Fsp3) is 0.500. The third-order valence-corrected chi connectivity index (χ3v) is 4.47. The molecule has 2 aromatic rings. The molecule has 1 nitrogen and oxygen atoms in total. The summed E-state index contributed by atoms with van der Waals surface area (Å²) in [4.78, 5) is 0. The molecular formula is C16H20ClN. The lowest BCUT2D eigenvalue weighted by Gasteiger charge is -2.21. The van der Waals surface area contributed by atoms with E-state index in [-0.39, 0.29) is 0 Å². The van der Waals surface area contributed by atoms with E-state index in [9.17, 15) is 0 Å². The lowest BCUT2D eigenvalue weighted by atomic mass is 9.87. The third-order valence-electron chi connectivity index (χ3n) is 4.24. The van der Waals surface area contributed by atoms with E-state index in [0.717, 1.165) is 17.5 Å². The maximum absolute atomic E-state index is 6.02. The molecule has 0 spiro atoms. The molecule has 0 aliphatic heterocycles. The molecule has 0 unspecified atom stereocenters. The van der Waals surface area contributed by atoms with E-state index in [4.69, 9.17) is 11.6 Å². The summed E-state index contributed by atoms with van der Waals surface area (Å²) in [6.07, 6.45) is 10.7. The van der Waals surface area contributed by atoms with Crippen LogP contribution in [0.3, 0.4) is 0 Å². The van der Waals surface area contributed by atoms with Gasteiger partial charge in [0.1, 0.15) is 0 Å². The number of hydrogen-bond donors (Lipinski definition) is 0. The molecule has 1 aromatic carbocycles. The van der Waals surface area contributed by atoms with Crippen molar-refractivity contribution in [2.75, 3.05) is 0 Å². The Morgan fingerprint density at radius 3 is 2.78 bits per heavy atom. The van der Waals surface area contributed by atoms with Crippen LogP contribution in [0.15, 0.2) is 30.5 Å². The minimum Gasteiger partial charge on any atom is -0.347 e. The van der Waals surface area contributed by atoms with Crippen molar-refractivity contribution in [3.05, 3.63) is 35.5 Å². The fourth-order valence-corrected chi connectivity index (χ4v) is 3.34. The van der Waals surface area contributed by atoms with Gasteiger partial charge in [-0.3, -0.25) is 0 Å². The van der Waals surface area contributed by atoms with Crippen LogP contribution in [-0.2, 0) is 6.54 Å². The van der Waals surface area contributed by atoms with Gasteiger partial charge in [-0.15, -0.1) is 0 Å². The van der Waals surface area contributed by atoms with Gasteiger partial charge >= 0.3 is 0 Å². The molecule has 18 heavy (non-hydrogen) atoms. The molecule has 1 aliphatic carbocycles. The van der Waals surface area contributed by atoms with Gasteiger partial charge in [0.05, 0.1) is 0 Å². The SMILES string of the molecule is Clc1ccc2c(ccn2CCC2CCCCC2)c1. The zero-order valence-corrected chi connectivity index (χ0v) is 11.5. The zero-order chi connectivity index (χ0) is 12.4. The second-order valence-corrected chi connectivity index (χ2v) is 5.94. The Morgan fingerprint density at radius 2 is 1.94 bits per heavy atom. The molecule has 0 radical (unpaired) electrons. The quantitative estimate of drug-likeness (QED) is 0.710. The maximum atomic E-state index is 6.02. The molecule has 1 aliphatic rings. The Morgan fingerprint density at radius 1 is 1.11 bits per heavy atom. The normalized spacial score (nSPS) is 17.4. The molecule has 0 saturated heterocycles. The van der Waals surface area contributed by atoms with Gasteiger partial charge < -0.3 is 4.57 Å². The molecular weight excluding hydrogens is 242 g/mol. The summed E-state index contributed by atoms with van der Waals surface area (Å²) >= 11 is 6.02. The zero-order valence-electron chi connectivity index (χ0n) is 10.7. The largest absolute Gasteiger partial charge is 0.347 e. The molecule has 3 rings (SSSR count). The van der Waals surface area contributed by atoms with Crippen molar-refractivity contribution in [2.24, 2.45) is 5.92 Å². The second kappa shape index (κ2) is 5.36. The fourth-order valence-electron chi connectivity index (χ4n) is 3.16. The van der Waals surface area contributed by atoms with Crippen molar-refractivity contribution in [2.45, 2.75) is 45.1 Å². The third kappa shape index (κ3) is 2.56. The van der Waals surface area contributed by atoms with Crippen molar-refractivity contribution in [1.82, 2.24) is 4.57 Å². The summed E-state index contributed by atoms with van der Waals surface area (Å²) in [6.45, 7) is 1.15. The minimum absolute atomic E-state index is 0.826. The molecule has 1 saturated carbocycles. The first-order valence-electron chi connectivity index (χ1n) is 7.07. The monoisotopic (exact) mass is 261 g/mol. The topological polar surface area (TPSA) is 4.93 Å².